The quantitative estimate of drug-likeness (QED) is 0.284. The lowest BCUT2D eigenvalue weighted by molar-refractivity contribution is -0.118. The van der Waals surface area contributed by atoms with Gasteiger partial charge in [-0.05, 0) is 44.0 Å². The number of methoxy groups -OCH3 is 1. The molecule has 0 aliphatic heterocycles. The molecule has 4 aromatic rings. The molecule has 2 aromatic heterocycles. The summed E-state index contributed by atoms with van der Waals surface area (Å²) in [6.07, 6.45) is 0. The van der Waals surface area contributed by atoms with Crippen molar-refractivity contribution in [1.29, 1.82) is 0 Å². The van der Waals surface area contributed by atoms with E-state index >= 15 is 0 Å². The van der Waals surface area contributed by atoms with Crippen LogP contribution in [0.15, 0.2) is 58.5 Å². The van der Waals surface area contributed by atoms with Gasteiger partial charge in [0, 0.05) is 13.1 Å². The van der Waals surface area contributed by atoms with Crippen molar-refractivity contribution in [3.8, 4) is 5.75 Å². The average molecular weight is 492 g/mol. The normalized spacial score (nSPS) is 11.1. The molecule has 4 rings (SSSR count). The average Bonchev–Trinajstić information content (AvgIpc) is 3.19. The minimum Gasteiger partial charge on any atom is -0.497 e. The number of ether oxygens (including phenoxy) is 1. The first-order valence-electron chi connectivity index (χ1n) is 11.5. The molecule has 0 radical (unpaired) electrons. The van der Waals surface area contributed by atoms with Crippen LogP contribution in [0.5, 0.6) is 5.75 Å². The zero-order valence-corrected chi connectivity index (χ0v) is 21.2. The Labute approximate surface area is 208 Å². The number of hydrogen-bond donors (Lipinski definition) is 1. The molecule has 9 heteroatoms. The lowest BCUT2D eigenvalue weighted by atomic mass is 10.1. The smallest absolute Gasteiger partial charge is 0.280 e. The van der Waals surface area contributed by atoms with E-state index in [4.69, 9.17) is 9.72 Å². The van der Waals surface area contributed by atoms with Gasteiger partial charge >= 0.3 is 0 Å². The molecule has 0 atom stereocenters. The molecular weight excluding hydrogens is 462 g/mol. The van der Waals surface area contributed by atoms with E-state index in [1.54, 1.807) is 16.4 Å². The van der Waals surface area contributed by atoms with E-state index in [1.165, 1.54) is 17.3 Å². The summed E-state index contributed by atoms with van der Waals surface area (Å²) < 4.78 is 8.64. The van der Waals surface area contributed by atoms with Gasteiger partial charge in [-0.25, -0.2) is 4.98 Å². The molecule has 35 heavy (non-hydrogen) atoms. The SMILES string of the molecule is CCn1nc(C)c2nc(SCC(=O)NCc3ccc(C)cc3)n(Cc3cccc(OC)c3)c(=O)c21. The molecule has 0 spiro atoms. The number of carbonyl (C=O) groups is 1. The Kier molecular flexibility index (Phi) is 7.55. The molecule has 2 heterocycles. The second-order valence-electron chi connectivity index (χ2n) is 8.29. The highest BCUT2D eigenvalue weighted by Gasteiger charge is 2.19. The molecular formula is C26H29N5O3S. The predicted molar refractivity (Wildman–Crippen MR) is 138 cm³/mol. The van der Waals surface area contributed by atoms with Crippen LogP contribution in [0.3, 0.4) is 0 Å². The van der Waals surface area contributed by atoms with Crippen LogP contribution in [0.25, 0.3) is 11.0 Å². The van der Waals surface area contributed by atoms with Crippen molar-refractivity contribution in [2.45, 2.75) is 45.6 Å². The predicted octanol–water partition coefficient (Wildman–Crippen LogP) is 3.70. The van der Waals surface area contributed by atoms with Gasteiger partial charge in [-0.3, -0.25) is 18.8 Å². The monoisotopic (exact) mass is 491 g/mol. The van der Waals surface area contributed by atoms with Crippen LogP contribution < -0.4 is 15.6 Å². The minimum atomic E-state index is -0.178. The van der Waals surface area contributed by atoms with Gasteiger partial charge in [0.1, 0.15) is 11.3 Å². The van der Waals surface area contributed by atoms with Crippen LogP contribution in [-0.4, -0.2) is 38.1 Å². The van der Waals surface area contributed by atoms with E-state index < -0.39 is 0 Å². The van der Waals surface area contributed by atoms with Crippen molar-refractivity contribution in [2.24, 2.45) is 0 Å². The standard InChI is InChI=1S/C26H29N5O3S/c1-5-31-24-23(18(3)29-31)28-26(30(25(24)33)15-20-7-6-8-21(13-20)34-4)35-16-22(32)27-14-19-11-9-17(2)10-12-19/h6-13H,5,14-16H2,1-4H3,(H,27,32). The van der Waals surface area contributed by atoms with E-state index in [0.29, 0.717) is 47.3 Å². The lowest BCUT2D eigenvalue weighted by Gasteiger charge is -2.13. The fraction of sp³-hybridized carbons (Fsp3) is 0.308. The maximum atomic E-state index is 13.6. The van der Waals surface area contributed by atoms with Crippen LogP contribution in [0.2, 0.25) is 0 Å². The first-order valence-corrected chi connectivity index (χ1v) is 12.4. The van der Waals surface area contributed by atoms with E-state index in [0.717, 1.165) is 11.1 Å². The van der Waals surface area contributed by atoms with Crippen molar-refractivity contribution in [3.63, 3.8) is 0 Å². The maximum Gasteiger partial charge on any atom is 0.280 e. The molecule has 0 unspecified atom stereocenters. The zero-order chi connectivity index (χ0) is 24.9. The number of amides is 1. The summed E-state index contributed by atoms with van der Waals surface area (Å²) in [5.41, 5.74) is 4.67. The molecule has 0 saturated carbocycles. The molecule has 0 fully saturated rings. The third kappa shape index (κ3) is 5.57. The fourth-order valence-electron chi connectivity index (χ4n) is 3.81. The summed E-state index contributed by atoms with van der Waals surface area (Å²) in [6.45, 7) is 7.13. The highest BCUT2D eigenvalue weighted by atomic mass is 32.2. The zero-order valence-electron chi connectivity index (χ0n) is 20.4. The molecule has 182 valence electrons. The van der Waals surface area contributed by atoms with Gasteiger partial charge in [0.15, 0.2) is 10.7 Å². The Morgan fingerprint density at radius 1 is 1.11 bits per heavy atom. The van der Waals surface area contributed by atoms with E-state index in [1.807, 2.05) is 69.3 Å². The van der Waals surface area contributed by atoms with Crippen LogP contribution >= 0.6 is 11.8 Å². The number of aromatic nitrogens is 4. The Hall–Kier alpha value is -3.59. The molecule has 0 aliphatic carbocycles. The molecule has 8 nitrogen and oxygen atoms in total. The van der Waals surface area contributed by atoms with Crippen molar-refractivity contribution in [3.05, 3.63) is 81.3 Å². The minimum absolute atomic E-state index is 0.126. The Morgan fingerprint density at radius 2 is 1.89 bits per heavy atom. The summed E-state index contributed by atoms with van der Waals surface area (Å²) in [6, 6.07) is 15.6. The first-order chi connectivity index (χ1) is 16.9. The highest BCUT2D eigenvalue weighted by Crippen LogP contribution is 2.22. The first kappa shape index (κ1) is 24.5. The molecule has 1 amide bonds. The van der Waals surface area contributed by atoms with Crippen molar-refractivity contribution in [2.75, 3.05) is 12.9 Å². The summed E-state index contributed by atoms with van der Waals surface area (Å²) in [5, 5.41) is 7.90. The fourth-order valence-corrected chi connectivity index (χ4v) is 4.63. The van der Waals surface area contributed by atoms with Gasteiger partial charge in [-0.2, -0.15) is 5.10 Å². The highest BCUT2D eigenvalue weighted by molar-refractivity contribution is 7.99. The number of nitrogens with zero attached hydrogens (tertiary/aromatic N) is 4. The van der Waals surface area contributed by atoms with Crippen LogP contribution in [0.4, 0.5) is 0 Å². The van der Waals surface area contributed by atoms with Crippen molar-refractivity contribution in [1.82, 2.24) is 24.6 Å². The van der Waals surface area contributed by atoms with Crippen LogP contribution in [0.1, 0.15) is 29.3 Å². The molecule has 0 aliphatic rings. The number of nitrogens with one attached hydrogen (secondary N) is 1. The van der Waals surface area contributed by atoms with Gasteiger partial charge in [0.05, 0.1) is 25.1 Å². The number of carbonyl (C=O) groups excluding carboxylic acids is 1. The van der Waals surface area contributed by atoms with Crippen molar-refractivity contribution >= 4 is 28.7 Å². The maximum absolute atomic E-state index is 13.6. The Morgan fingerprint density at radius 3 is 2.60 bits per heavy atom. The second kappa shape index (κ2) is 10.8. The largest absolute Gasteiger partial charge is 0.497 e. The van der Waals surface area contributed by atoms with Crippen LogP contribution in [-0.2, 0) is 24.4 Å². The lowest BCUT2D eigenvalue weighted by Crippen LogP contribution is -2.28. The number of hydrogen-bond acceptors (Lipinski definition) is 6. The number of thioether (sulfide) groups is 1. The van der Waals surface area contributed by atoms with Gasteiger partial charge in [-0.15, -0.1) is 0 Å². The van der Waals surface area contributed by atoms with E-state index in [9.17, 15) is 9.59 Å². The van der Waals surface area contributed by atoms with Crippen molar-refractivity contribution < 1.29 is 9.53 Å². The summed E-state index contributed by atoms with van der Waals surface area (Å²) >= 11 is 1.25. The van der Waals surface area contributed by atoms with Gasteiger partial charge in [-0.1, -0.05) is 53.7 Å². The second-order valence-corrected chi connectivity index (χ2v) is 9.23. The van der Waals surface area contributed by atoms with Gasteiger partial charge in [0.25, 0.3) is 5.56 Å². The van der Waals surface area contributed by atoms with Gasteiger partial charge < -0.3 is 10.1 Å². The van der Waals surface area contributed by atoms with E-state index in [-0.39, 0.29) is 17.2 Å². The number of rotatable bonds is 9. The molecule has 0 bridgehead atoms. The summed E-state index contributed by atoms with van der Waals surface area (Å²) in [4.78, 5) is 31.0. The molecule has 0 saturated heterocycles. The third-order valence-electron chi connectivity index (χ3n) is 5.70. The number of aryl methyl sites for hydroxylation is 3. The molecule has 2 aromatic carbocycles. The Bertz CT molecular complexity index is 1410. The number of fused-ring (bicyclic) bond motifs is 1. The van der Waals surface area contributed by atoms with E-state index in [2.05, 4.69) is 10.4 Å². The summed E-state index contributed by atoms with van der Waals surface area (Å²) in [7, 11) is 1.61. The van der Waals surface area contributed by atoms with Gasteiger partial charge in [0.2, 0.25) is 5.91 Å². The molecule has 1 N–H and O–H groups in total. The third-order valence-corrected chi connectivity index (χ3v) is 6.68. The number of benzene rings is 2. The Balaban J connectivity index is 1.61. The van der Waals surface area contributed by atoms with Crippen LogP contribution in [0, 0.1) is 13.8 Å². The topological polar surface area (TPSA) is 91.0 Å². The summed E-state index contributed by atoms with van der Waals surface area (Å²) in [5.74, 6) is 0.727.